The van der Waals surface area contributed by atoms with Crippen LogP contribution in [0.4, 0.5) is 0 Å². The Morgan fingerprint density at radius 2 is 1.72 bits per heavy atom. The number of rotatable bonds is 10. The number of hydrogen-bond donors (Lipinski definition) is 1. The molecule has 18 heavy (non-hydrogen) atoms. The summed E-state index contributed by atoms with van der Waals surface area (Å²) in [5, 5.41) is 9.60. The number of aliphatic hydroxyl groups is 1. The molecule has 0 amide bonds. The molecule has 0 aromatic carbocycles. The number of ketones is 1. The molecule has 2 heteroatoms. The van der Waals surface area contributed by atoms with Crippen LogP contribution in [0.2, 0.25) is 0 Å². The minimum absolute atomic E-state index is 0.361. The van der Waals surface area contributed by atoms with Crippen LogP contribution in [-0.4, -0.2) is 17.0 Å². The van der Waals surface area contributed by atoms with Gasteiger partial charge in [0, 0.05) is 19.3 Å². The summed E-state index contributed by atoms with van der Waals surface area (Å²) in [4.78, 5) is 11.4. The van der Waals surface area contributed by atoms with Gasteiger partial charge in [-0.25, -0.2) is 0 Å². The molecule has 0 bridgehead atoms. The Morgan fingerprint density at radius 1 is 1.06 bits per heavy atom. The second kappa shape index (κ2) is 12.6. The largest absolute Gasteiger partial charge is 0.380 e. The van der Waals surface area contributed by atoms with E-state index >= 15 is 0 Å². The van der Waals surface area contributed by atoms with Gasteiger partial charge in [0.15, 0.2) is 0 Å². The fraction of sp³-hybridized carbons (Fsp3) is 0.812. The molecule has 0 aliphatic carbocycles. The first-order chi connectivity index (χ1) is 8.70. The minimum atomic E-state index is -0.507. The number of hydrogen-bond acceptors (Lipinski definition) is 2. The smallest absolute Gasteiger partial charge is 0.132 e. The fourth-order valence-corrected chi connectivity index (χ4v) is 1.69. The predicted octanol–water partition coefficient (Wildman–Crippen LogP) is 3.86. The van der Waals surface area contributed by atoms with Gasteiger partial charge in [0.05, 0.1) is 0 Å². The van der Waals surface area contributed by atoms with E-state index in [2.05, 4.69) is 25.7 Å². The summed E-state index contributed by atoms with van der Waals surface area (Å²) in [5.74, 6) is 6.22. The zero-order valence-corrected chi connectivity index (χ0v) is 12.0. The van der Waals surface area contributed by atoms with E-state index in [0.29, 0.717) is 18.6 Å². The number of carbonyl (C=O) groups excluding carboxylic acids is 1. The summed E-state index contributed by atoms with van der Waals surface area (Å²) in [7, 11) is 0. The molecule has 1 N–H and O–H groups in total. The first kappa shape index (κ1) is 17.2. The van der Waals surface area contributed by atoms with Crippen molar-refractivity contribution in [1.82, 2.24) is 0 Å². The molecule has 0 aromatic rings. The summed E-state index contributed by atoms with van der Waals surface area (Å²) >= 11 is 0. The molecule has 0 radical (unpaired) electrons. The summed E-state index contributed by atoms with van der Waals surface area (Å²) in [5.41, 5.74) is 0. The summed E-state index contributed by atoms with van der Waals surface area (Å²) in [6.45, 7) is 4.23. The molecule has 104 valence electrons. The Morgan fingerprint density at radius 3 is 2.39 bits per heavy atom. The quantitative estimate of drug-likeness (QED) is 0.473. The van der Waals surface area contributed by atoms with Crippen LogP contribution in [0.3, 0.4) is 0 Å². The predicted molar refractivity (Wildman–Crippen MR) is 76.3 cm³/mol. The van der Waals surface area contributed by atoms with E-state index in [1.165, 1.54) is 0 Å². The van der Waals surface area contributed by atoms with E-state index in [-0.39, 0.29) is 0 Å². The van der Waals surface area contributed by atoms with Crippen molar-refractivity contribution in [1.29, 1.82) is 0 Å². The van der Waals surface area contributed by atoms with E-state index in [4.69, 9.17) is 0 Å². The van der Waals surface area contributed by atoms with Crippen molar-refractivity contribution in [2.24, 2.45) is 0 Å². The van der Waals surface area contributed by atoms with Crippen molar-refractivity contribution in [2.45, 2.75) is 84.2 Å². The van der Waals surface area contributed by atoms with Crippen molar-refractivity contribution < 1.29 is 9.90 Å². The van der Waals surface area contributed by atoms with Gasteiger partial charge in [0.1, 0.15) is 11.9 Å². The lowest BCUT2D eigenvalue weighted by molar-refractivity contribution is -0.119. The normalized spacial score (nSPS) is 11.7. The molecule has 0 saturated carbocycles. The van der Waals surface area contributed by atoms with Gasteiger partial charge >= 0.3 is 0 Å². The van der Waals surface area contributed by atoms with Crippen molar-refractivity contribution in [3.8, 4) is 11.8 Å². The maximum absolute atomic E-state index is 11.4. The molecule has 0 spiro atoms. The van der Waals surface area contributed by atoms with Crippen LogP contribution in [0.25, 0.3) is 0 Å². The van der Waals surface area contributed by atoms with Gasteiger partial charge in [-0.15, -0.1) is 5.92 Å². The van der Waals surface area contributed by atoms with E-state index in [9.17, 15) is 9.90 Å². The average Bonchev–Trinajstić information content (AvgIpc) is 2.37. The fourth-order valence-electron chi connectivity index (χ4n) is 1.69. The van der Waals surface area contributed by atoms with Crippen LogP contribution >= 0.6 is 0 Å². The monoisotopic (exact) mass is 252 g/mol. The van der Waals surface area contributed by atoms with E-state index < -0.39 is 6.10 Å². The van der Waals surface area contributed by atoms with Crippen LogP contribution in [0.1, 0.15) is 78.1 Å². The third kappa shape index (κ3) is 11.7. The number of Topliss-reactive ketones (excluding diaryl/α,β-unsaturated/α-hetero) is 1. The lowest BCUT2D eigenvalue weighted by Crippen LogP contribution is -2.03. The maximum Gasteiger partial charge on any atom is 0.132 e. The van der Waals surface area contributed by atoms with E-state index in [1.807, 2.05) is 0 Å². The Balaban J connectivity index is 3.46. The van der Waals surface area contributed by atoms with Crippen molar-refractivity contribution in [2.75, 3.05) is 0 Å². The molecule has 1 unspecified atom stereocenters. The second-order valence-corrected chi connectivity index (χ2v) is 4.83. The molecule has 0 rings (SSSR count). The molecule has 2 nitrogen and oxygen atoms in total. The summed E-state index contributed by atoms with van der Waals surface area (Å²) < 4.78 is 0. The highest BCUT2D eigenvalue weighted by Crippen LogP contribution is 2.07. The number of aliphatic hydroxyl groups excluding tert-OH is 1. The van der Waals surface area contributed by atoms with E-state index in [1.54, 1.807) is 0 Å². The zero-order valence-electron chi connectivity index (χ0n) is 12.0. The molecule has 0 aliphatic heterocycles. The Bertz CT molecular complexity index is 260. The highest BCUT2D eigenvalue weighted by Gasteiger charge is 2.03. The van der Waals surface area contributed by atoms with Gasteiger partial charge in [0.2, 0.25) is 0 Å². The SMILES string of the molecule is CCCCC#CC(O)CCCCC(=O)CCCC. The Labute approximate surface area is 112 Å². The molecular formula is C16H28O2. The molecule has 0 heterocycles. The topological polar surface area (TPSA) is 37.3 Å². The Hall–Kier alpha value is -0.810. The number of carbonyl (C=O) groups is 1. The van der Waals surface area contributed by atoms with Crippen LogP contribution in [0.15, 0.2) is 0 Å². The van der Waals surface area contributed by atoms with Gasteiger partial charge in [-0.1, -0.05) is 32.6 Å². The molecule has 0 aromatic heterocycles. The lowest BCUT2D eigenvalue weighted by atomic mass is 10.1. The lowest BCUT2D eigenvalue weighted by Gasteiger charge is -2.03. The van der Waals surface area contributed by atoms with Crippen LogP contribution in [-0.2, 0) is 4.79 Å². The molecule has 0 aliphatic rings. The average molecular weight is 252 g/mol. The van der Waals surface area contributed by atoms with Crippen LogP contribution < -0.4 is 0 Å². The van der Waals surface area contributed by atoms with Gasteiger partial charge < -0.3 is 5.11 Å². The standard InChI is InChI=1S/C16H28O2/c1-3-5-7-8-12-16(18)14-10-9-13-15(17)11-6-4-2/h16,18H,3-7,9-11,13-14H2,1-2H3. The van der Waals surface area contributed by atoms with Gasteiger partial charge in [-0.2, -0.15) is 0 Å². The third-order valence-corrected chi connectivity index (χ3v) is 2.92. The zero-order chi connectivity index (χ0) is 13.6. The molecular weight excluding hydrogens is 224 g/mol. The van der Waals surface area contributed by atoms with Gasteiger partial charge in [-0.3, -0.25) is 4.79 Å². The van der Waals surface area contributed by atoms with Crippen LogP contribution in [0, 0.1) is 11.8 Å². The second-order valence-electron chi connectivity index (χ2n) is 4.83. The van der Waals surface area contributed by atoms with Crippen molar-refractivity contribution in [3.05, 3.63) is 0 Å². The Kier molecular flexibility index (Phi) is 12.1. The minimum Gasteiger partial charge on any atom is -0.380 e. The summed E-state index contributed by atoms with van der Waals surface area (Å²) in [6, 6.07) is 0. The third-order valence-electron chi connectivity index (χ3n) is 2.92. The van der Waals surface area contributed by atoms with E-state index in [0.717, 1.165) is 51.4 Å². The van der Waals surface area contributed by atoms with Crippen molar-refractivity contribution in [3.63, 3.8) is 0 Å². The van der Waals surface area contributed by atoms with Crippen LogP contribution in [0.5, 0.6) is 0 Å². The molecule has 0 saturated heterocycles. The number of unbranched alkanes of at least 4 members (excludes halogenated alkanes) is 4. The van der Waals surface area contributed by atoms with Gasteiger partial charge in [-0.05, 0) is 32.1 Å². The highest BCUT2D eigenvalue weighted by molar-refractivity contribution is 5.78. The first-order valence-electron chi connectivity index (χ1n) is 7.38. The molecule has 0 fully saturated rings. The molecule has 1 atom stereocenters. The highest BCUT2D eigenvalue weighted by atomic mass is 16.3. The first-order valence-corrected chi connectivity index (χ1v) is 7.38. The van der Waals surface area contributed by atoms with Crippen molar-refractivity contribution >= 4 is 5.78 Å². The maximum atomic E-state index is 11.4. The van der Waals surface area contributed by atoms with Gasteiger partial charge in [0.25, 0.3) is 0 Å². The summed E-state index contributed by atoms with van der Waals surface area (Å²) in [6.07, 6.45) is 8.55.